The van der Waals surface area contributed by atoms with Gasteiger partial charge < -0.3 is 9.80 Å². The van der Waals surface area contributed by atoms with Crippen LogP contribution in [0, 0.1) is 11.8 Å². The number of hydrogen-bond acceptors (Lipinski definition) is 3. The normalized spacial score (nSPS) is 18.6. The smallest absolute Gasteiger partial charge is 0.246 e. The first kappa shape index (κ1) is 23.1. The fourth-order valence-corrected chi connectivity index (χ4v) is 4.33. The molecule has 1 fully saturated rings. The molecule has 0 saturated carbocycles. The molecule has 0 spiro atoms. The predicted octanol–water partition coefficient (Wildman–Crippen LogP) is 3.71. The largest absolute Gasteiger partial charge is 0.333 e. The molecule has 5 nitrogen and oxygen atoms in total. The fourth-order valence-electron chi connectivity index (χ4n) is 4.33. The second-order valence-electron chi connectivity index (χ2n) is 8.69. The molecular formula is C24H36N2O3. The predicted molar refractivity (Wildman–Crippen MR) is 115 cm³/mol. The Labute approximate surface area is 175 Å². The number of likely N-dealkylation sites (N-methyl/N-ethyl adjacent to an activating group) is 1. The van der Waals surface area contributed by atoms with Crippen LogP contribution in [0.2, 0.25) is 0 Å². The van der Waals surface area contributed by atoms with Crippen molar-refractivity contribution in [3.8, 4) is 0 Å². The summed E-state index contributed by atoms with van der Waals surface area (Å²) in [6.07, 6.45) is 3.23. The van der Waals surface area contributed by atoms with Gasteiger partial charge in [-0.15, -0.1) is 0 Å². The molecule has 0 aromatic heterocycles. The molecule has 1 unspecified atom stereocenters. The summed E-state index contributed by atoms with van der Waals surface area (Å²) in [5.41, 5.74) is 1.01. The average molecular weight is 401 g/mol. The summed E-state index contributed by atoms with van der Waals surface area (Å²) >= 11 is 0. The van der Waals surface area contributed by atoms with Gasteiger partial charge in [-0.05, 0) is 30.7 Å². The van der Waals surface area contributed by atoms with Crippen LogP contribution in [-0.2, 0) is 20.8 Å². The van der Waals surface area contributed by atoms with Crippen molar-refractivity contribution < 1.29 is 14.4 Å². The molecule has 0 N–H and O–H groups in total. The summed E-state index contributed by atoms with van der Waals surface area (Å²) in [4.78, 5) is 42.3. The van der Waals surface area contributed by atoms with Crippen molar-refractivity contribution in [1.82, 2.24) is 9.80 Å². The highest BCUT2D eigenvalue weighted by molar-refractivity contribution is 5.93. The zero-order valence-corrected chi connectivity index (χ0v) is 18.6. The molecule has 1 aliphatic rings. The Bertz CT molecular complexity index is 701. The topological polar surface area (TPSA) is 57.7 Å². The number of Topliss-reactive ketones (excluding diaryl/α,β-unsaturated/α-hetero) is 1. The number of amides is 2. The van der Waals surface area contributed by atoms with Gasteiger partial charge in [0.25, 0.3) is 0 Å². The maximum atomic E-state index is 13.6. The van der Waals surface area contributed by atoms with Gasteiger partial charge in [0.2, 0.25) is 11.8 Å². The highest BCUT2D eigenvalue weighted by Crippen LogP contribution is 2.24. The monoisotopic (exact) mass is 400 g/mol. The summed E-state index contributed by atoms with van der Waals surface area (Å²) in [5, 5.41) is 0. The van der Waals surface area contributed by atoms with Crippen molar-refractivity contribution in [3.05, 3.63) is 35.9 Å². The molecular weight excluding hydrogens is 364 g/mol. The number of nitrogens with zero attached hydrogens (tertiary/aromatic N) is 2. The lowest BCUT2D eigenvalue weighted by Crippen LogP contribution is -2.54. The van der Waals surface area contributed by atoms with Crippen LogP contribution in [0.3, 0.4) is 0 Å². The molecule has 1 saturated heterocycles. The first-order valence-electron chi connectivity index (χ1n) is 10.9. The summed E-state index contributed by atoms with van der Waals surface area (Å²) in [6, 6.07) is 8.85. The number of rotatable bonds is 9. The quantitative estimate of drug-likeness (QED) is 0.635. The van der Waals surface area contributed by atoms with Crippen LogP contribution in [0.25, 0.3) is 0 Å². The van der Waals surface area contributed by atoms with E-state index in [1.54, 1.807) is 16.8 Å². The summed E-state index contributed by atoms with van der Waals surface area (Å²) in [6.45, 7) is 8.56. The Balaban J connectivity index is 2.27. The van der Waals surface area contributed by atoms with Crippen molar-refractivity contribution in [2.24, 2.45) is 11.8 Å². The summed E-state index contributed by atoms with van der Waals surface area (Å²) in [7, 11) is 1.73. The van der Waals surface area contributed by atoms with Gasteiger partial charge in [0.1, 0.15) is 6.04 Å². The van der Waals surface area contributed by atoms with E-state index in [9.17, 15) is 14.4 Å². The van der Waals surface area contributed by atoms with E-state index in [-0.39, 0.29) is 29.6 Å². The molecule has 2 rings (SSSR count). The second kappa shape index (κ2) is 10.6. The van der Waals surface area contributed by atoms with Crippen LogP contribution in [0.4, 0.5) is 0 Å². The molecule has 1 aromatic carbocycles. The van der Waals surface area contributed by atoms with Crippen molar-refractivity contribution in [2.45, 2.75) is 71.9 Å². The lowest BCUT2D eigenvalue weighted by atomic mass is 9.96. The average Bonchev–Trinajstić information content (AvgIpc) is 3.20. The van der Waals surface area contributed by atoms with Crippen LogP contribution < -0.4 is 0 Å². The van der Waals surface area contributed by atoms with Gasteiger partial charge in [-0.1, -0.05) is 58.0 Å². The van der Waals surface area contributed by atoms with Crippen molar-refractivity contribution in [2.75, 3.05) is 13.6 Å². The van der Waals surface area contributed by atoms with Crippen LogP contribution in [0.1, 0.15) is 58.9 Å². The highest BCUT2D eigenvalue weighted by atomic mass is 16.2. The number of ketones is 1. The van der Waals surface area contributed by atoms with E-state index in [0.29, 0.717) is 25.3 Å². The Morgan fingerprint density at radius 2 is 1.79 bits per heavy atom. The van der Waals surface area contributed by atoms with Crippen LogP contribution in [0.5, 0.6) is 0 Å². The van der Waals surface area contributed by atoms with E-state index in [1.165, 1.54) is 0 Å². The third-order valence-corrected chi connectivity index (χ3v) is 5.87. The minimum Gasteiger partial charge on any atom is -0.333 e. The van der Waals surface area contributed by atoms with Gasteiger partial charge >= 0.3 is 0 Å². The van der Waals surface area contributed by atoms with E-state index in [2.05, 4.69) is 13.8 Å². The van der Waals surface area contributed by atoms with E-state index in [0.717, 1.165) is 24.8 Å². The van der Waals surface area contributed by atoms with Gasteiger partial charge in [-0.25, -0.2) is 0 Å². The molecule has 1 heterocycles. The van der Waals surface area contributed by atoms with Crippen LogP contribution in [0.15, 0.2) is 30.3 Å². The van der Waals surface area contributed by atoms with Gasteiger partial charge in [0.05, 0.1) is 6.04 Å². The summed E-state index contributed by atoms with van der Waals surface area (Å²) in [5.74, 6) is 0.265. The fraction of sp³-hybridized carbons (Fsp3) is 0.625. The molecule has 5 heteroatoms. The molecule has 160 valence electrons. The number of carbonyl (C=O) groups excluding carboxylic acids is 3. The molecule has 1 aromatic rings. The van der Waals surface area contributed by atoms with Gasteiger partial charge in [-0.2, -0.15) is 0 Å². The SMILES string of the molecule is CCC(=O)C1CCCN1C(=O)[C@H](Cc1ccccc1)N(C)C(=O)[C@H](C)CC(C)C. The van der Waals surface area contributed by atoms with Gasteiger partial charge in [0.15, 0.2) is 5.78 Å². The number of carbonyl (C=O) groups is 3. The Kier molecular flexibility index (Phi) is 8.42. The van der Waals surface area contributed by atoms with Crippen molar-refractivity contribution >= 4 is 17.6 Å². The molecule has 2 amide bonds. The molecule has 3 atom stereocenters. The van der Waals surface area contributed by atoms with Gasteiger partial charge in [-0.3, -0.25) is 14.4 Å². The minimum absolute atomic E-state index is 0.00875. The second-order valence-corrected chi connectivity index (χ2v) is 8.69. The molecule has 0 aliphatic carbocycles. The van der Waals surface area contributed by atoms with Gasteiger partial charge in [0, 0.05) is 32.4 Å². The third-order valence-electron chi connectivity index (χ3n) is 5.87. The standard InChI is InChI=1S/C24H36N2O3/c1-6-22(27)20-13-10-14-26(20)24(29)21(16-19-11-8-7-9-12-19)25(5)23(28)18(4)15-17(2)3/h7-9,11-12,17-18,20-21H,6,10,13-16H2,1-5H3/t18-,20?,21+/m1/s1. The van der Waals surface area contributed by atoms with Crippen molar-refractivity contribution in [3.63, 3.8) is 0 Å². The molecule has 29 heavy (non-hydrogen) atoms. The highest BCUT2D eigenvalue weighted by Gasteiger charge is 2.39. The van der Waals surface area contributed by atoms with Crippen LogP contribution in [-0.4, -0.2) is 53.1 Å². The number of hydrogen-bond donors (Lipinski definition) is 0. The number of benzene rings is 1. The lowest BCUT2D eigenvalue weighted by Gasteiger charge is -2.34. The first-order chi connectivity index (χ1) is 13.8. The maximum Gasteiger partial charge on any atom is 0.246 e. The van der Waals surface area contributed by atoms with Crippen molar-refractivity contribution in [1.29, 1.82) is 0 Å². The third kappa shape index (κ3) is 5.91. The van der Waals surface area contributed by atoms with E-state index >= 15 is 0 Å². The maximum absolute atomic E-state index is 13.6. The van der Waals surface area contributed by atoms with E-state index in [1.807, 2.05) is 44.2 Å². The Morgan fingerprint density at radius 1 is 1.14 bits per heavy atom. The molecule has 1 aliphatic heterocycles. The first-order valence-corrected chi connectivity index (χ1v) is 10.9. The minimum atomic E-state index is -0.593. The zero-order chi connectivity index (χ0) is 21.6. The Hall–Kier alpha value is -2.17. The van der Waals surface area contributed by atoms with Crippen LogP contribution >= 0.6 is 0 Å². The Morgan fingerprint density at radius 3 is 2.38 bits per heavy atom. The lowest BCUT2D eigenvalue weighted by molar-refractivity contribution is -0.148. The van der Waals surface area contributed by atoms with E-state index in [4.69, 9.17) is 0 Å². The van der Waals surface area contributed by atoms with E-state index < -0.39 is 6.04 Å². The molecule has 0 bridgehead atoms. The number of likely N-dealkylation sites (tertiary alicyclic amines) is 1. The molecule has 0 radical (unpaired) electrons. The zero-order valence-electron chi connectivity index (χ0n) is 18.6. The summed E-state index contributed by atoms with van der Waals surface area (Å²) < 4.78 is 0.